The highest BCUT2D eigenvalue weighted by atomic mass is 79.9. The van der Waals surface area contributed by atoms with Crippen LogP contribution in [0, 0.1) is 0 Å². The lowest BCUT2D eigenvalue weighted by atomic mass is 9.97. The first-order valence-electron chi connectivity index (χ1n) is 2.41. The molecule has 0 N–H and O–H groups in total. The van der Waals surface area contributed by atoms with Crippen LogP contribution in [0.15, 0.2) is 27.1 Å². The second kappa shape index (κ2) is 2.89. The van der Waals surface area contributed by atoms with Crippen LogP contribution in [0.1, 0.15) is 0 Å². The van der Waals surface area contributed by atoms with Gasteiger partial charge in [0.15, 0.2) is 0 Å². The van der Waals surface area contributed by atoms with Crippen LogP contribution in [0.2, 0.25) is 0 Å². The lowest BCUT2D eigenvalue weighted by Gasteiger charge is -1.97. The third-order valence-corrected chi connectivity index (χ3v) is 3.06. The van der Waals surface area contributed by atoms with E-state index in [1.807, 2.05) is 18.2 Å². The molecule has 0 aliphatic heterocycles. The van der Waals surface area contributed by atoms with Gasteiger partial charge in [-0.05, 0) is 22.0 Å². The van der Waals surface area contributed by atoms with E-state index in [4.69, 9.17) is 7.85 Å². The molecule has 3 heteroatoms. The SMILES string of the molecule is [B]c1cccc(Br)c1Br. The Balaban J connectivity index is 3.25. The van der Waals surface area contributed by atoms with Crippen molar-refractivity contribution in [3.05, 3.63) is 27.1 Å². The van der Waals surface area contributed by atoms with E-state index in [2.05, 4.69) is 31.9 Å². The van der Waals surface area contributed by atoms with Gasteiger partial charge in [0.2, 0.25) is 0 Å². The highest BCUT2D eigenvalue weighted by Gasteiger charge is 1.95. The summed E-state index contributed by atoms with van der Waals surface area (Å²) < 4.78 is 1.91. The molecule has 0 nitrogen and oxygen atoms in total. The Kier molecular flexibility index (Phi) is 2.36. The summed E-state index contributed by atoms with van der Waals surface area (Å²) in [6.45, 7) is 0. The molecule has 0 aliphatic carbocycles. The summed E-state index contributed by atoms with van der Waals surface area (Å²) in [7, 11) is 5.54. The zero-order chi connectivity index (χ0) is 6.85. The minimum absolute atomic E-state index is 0.754. The molecule has 0 atom stereocenters. The fourth-order valence-corrected chi connectivity index (χ4v) is 1.17. The average molecular weight is 246 g/mol. The highest BCUT2D eigenvalue weighted by molar-refractivity contribution is 9.13. The Labute approximate surface area is 72.3 Å². The van der Waals surface area contributed by atoms with Crippen LogP contribution >= 0.6 is 31.9 Å². The van der Waals surface area contributed by atoms with Gasteiger partial charge in [-0.25, -0.2) is 0 Å². The number of benzene rings is 1. The van der Waals surface area contributed by atoms with Crippen molar-refractivity contribution in [1.82, 2.24) is 0 Å². The van der Waals surface area contributed by atoms with Gasteiger partial charge >= 0.3 is 0 Å². The first-order valence-corrected chi connectivity index (χ1v) is 4.00. The van der Waals surface area contributed by atoms with Crippen LogP contribution in [-0.2, 0) is 0 Å². The van der Waals surface area contributed by atoms with E-state index < -0.39 is 0 Å². The summed E-state index contributed by atoms with van der Waals surface area (Å²) in [6, 6.07) is 5.67. The molecule has 0 aliphatic rings. The maximum Gasteiger partial charge on any atom is 0.115 e. The highest BCUT2D eigenvalue weighted by Crippen LogP contribution is 2.18. The molecule has 0 bridgehead atoms. The molecule has 0 spiro atoms. The zero-order valence-corrected chi connectivity index (χ0v) is 7.74. The van der Waals surface area contributed by atoms with E-state index in [-0.39, 0.29) is 0 Å². The van der Waals surface area contributed by atoms with Gasteiger partial charge in [0, 0.05) is 8.95 Å². The fraction of sp³-hybridized carbons (Fsp3) is 0. The van der Waals surface area contributed by atoms with Gasteiger partial charge < -0.3 is 0 Å². The molecule has 1 aromatic rings. The zero-order valence-electron chi connectivity index (χ0n) is 4.57. The topological polar surface area (TPSA) is 0 Å². The molecule has 2 radical (unpaired) electrons. The lowest BCUT2D eigenvalue weighted by Crippen LogP contribution is -2.02. The van der Waals surface area contributed by atoms with Gasteiger partial charge in [-0.2, -0.15) is 0 Å². The standard InChI is InChI=1S/C6H3BBr2/c7-4-2-1-3-5(8)6(4)9/h1-3H. The van der Waals surface area contributed by atoms with Crippen molar-refractivity contribution in [2.75, 3.05) is 0 Å². The predicted octanol–water partition coefficient (Wildman–Crippen LogP) is 2.01. The van der Waals surface area contributed by atoms with Crippen LogP contribution in [0.4, 0.5) is 0 Å². The van der Waals surface area contributed by atoms with Crippen molar-refractivity contribution < 1.29 is 0 Å². The molecule has 0 aromatic heterocycles. The van der Waals surface area contributed by atoms with Crippen LogP contribution in [0.5, 0.6) is 0 Å². The molecule has 1 aromatic carbocycles. The summed E-state index contributed by atoms with van der Waals surface area (Å²) in [4.78, 5) is 0. The smallest absolute Gasteiger partial charge is 0.0816 e. The molecule has 0 unspecified atom stereocenters. The van der Waals surface area contributed by atoms with Crippen LogP contribution in [0.3, 0.4) is 0 Å². The first-order chi connectivity index (χ1) is 4.22. The van der Waals surface area contributed by atoms with Gasteiger partial charge in [0.1, 0.15) is 7.85 Å². The second-order valence-electron chi connectivity index (χ2n) is 1.64. The Hall–Kier alpha value is 0.245. The average Bonchev–Trinajstić information content (AvgIpc) is 1.83. The molecule has 0 amide bonds. The normalized spacial score (nSPS) is 9.56. The third kappa shape index (κ3) is 1.58. The van der Waals surface area contributed by atoms with Crippen LogP contribution < -0.4 is 5.46 Å². The summed E-state index contributed by atoms with van der Waals surface area (Å²) in [5.74, 6) is 0. The van der Waals surface area contributed by atoms with Gasteiger partial charge in [-0.1, -0.05) is 33.5 Å². The van der Waals surface area contributed by atoms with E-state index in [1.54, 1.807) is 0 Å². The molecule has 0 fully saturated rings. The van der Waals surface area contributed by atoms with Gasteiger partial charge in [0.05, 0.1) is 0 Å². The van der Waals surface area contributed by atoms with Crippen molar-refractivity contribution in [1.29, 1.82) is 0 Å². The van der Waals surface area contributed by atoms with E-state index in [0.717, 1.165) is 14.4 Å². The molecule has 44 valence electrons. The Morgan fingerprint density at radius 3 is 2.33 bits per heavy atom. The molecule has 0 saturated heterocycles. The van der Waals surface area contributed by atoms with E-state index >= 15 is 0 Å². The molecule has 9 heavy (non-hydrogen) atoms. The maximum atomic E-state index is 5.54. The largest absolute Gasteiger partial charge is 0.115 e. The molecular weight excluding hydrogens is 243 g/mol. The summed E-state index contributed by atoms with van der Waals surface area (Å²) >= 11 is 6.63. The molecular formula is C6H3BBr2. The third-order valence-electron chi connectivity index (χ3n) is 0.981. The minimum Gasteiger partial charge on any atom is -0.0816 e. The maximum absolute atomic E-state index is 5.54. The summed E-state index contributed by atoms with van der Waals surface area (Å²) in [5, 5.41) is 0. The predicted molar refractivity (Wildman–Crippen MR) is 47.2 cm³/mol. The molecule has 0 heterocycles. The van der Waals surface area contributed by atoms with Crippen molar-refractivity contribution in [3.8, 4) is 0 Å². The van der Waals surface area contributed by atoms with Crippen molar-refractivity contribution in [3.63, 3.8) is 0 Å². The first kappa shape index (κ1) is 7.35. The summed E-state index contributed by atoms with van der Waals surface area (Å²) in [6.07, 6.45) is 0. The Bertz CT molecular complexity index is 202. The van der Waals surface area contributed by atoms with Gasteiger partial charge in [-0.3, -0.25) is 0 Å². The number of hydrogen-bond donors (Lipinski definition) is 0. The summed E-state index contributed by atoms with van der Waals surface area (Å²) in [5.41, 5.74) is 0.754. The van der Waals surface area contributed by atoms with Crippen molar-refractivity contribution >= 4 is 45.2 Å². The van der Waals surface area contributed by atoms with Crippen molar-refractivity contribution in [2.24, 2.45) is 0 Å². The van der Waals surface area contributed by atoms with E-state index in [0.29, 0.717) is 0 Å². The fourth-order valence-electron chi connectivity index (χ4n) is 0.520. The van der Waals surface area contributed by atoms with Crippen molar-refractivity contribution in [2.45, 2.75) is 0 Å². The van der Waals surface area contributed by atoms with Gasteiger partial charge in [-0.15, -0.1) is 0 Å². The van der Waals surface area contributed by atoms with Crippen LogP contribution in [0.25, 0.3) is 0 Å². The molecule has 0 saturated carbocycles. The number of halogens is 2. The Morgan fingerprint density at radius 2 is 1.89 bits per heavy atom. The van der Waals surface area contributed by atoms with Crippen LogP contribution in [-0.4, -0.2) is 7.85 Å². The van der Waals surface area contributed by atoms with E-state index in [1.165, 1.54) is 0 Å². The molecule has 1 rings (SSSR count). The quantitative estimate of drug-likeness (QED) is 0.614. The monoisotopic (exact) mass is 244 g/mol. The second-order valence-corrected chi connectivity index (χ2v) is 3.29. The number of hydrogen-bond acceptors (Lipinski definition) is 0. The lowest BCUT2D eigenvalue weighted by molar-refractivity contribution is 1.64. The van der Waals surface area contributed by atoms with Gasteiger partial charge in [0.25, 0.3) is 0 Å². The minimum atomic E-state index is 0.754. The number of rotatable bonds is 0. The Morgan fingerprint density at radius 1 is 1.22 bits per heavy atom. The van der Waals surface area contributed by atoms with E-state index in [9.17, 15) is 0 Å².